The minimum atomic E-state index is -0.492. The minimum Gasteiger partial charge on any atom is -0.389 e. The van der Waals surface area contributed by atoms with Crippen molar-refractivity contribution < 1.29 is 4.39 Å². The van der Waals surface area contributed by atoms with Gasteiger partial charge in [-0.1, -0.05) is 35.4 Å². The predicted molar refractivity (Wildman–Crippen MR) is 89.7 cm³/mol. The van der Waals surface area contributed by atoms with Crippen molar-refractivity contribution >= 4 is 67.7 Å². The Morgan fingerprint density at radius 3 is 2.30 bits per heavy atom. The summed E-state index contributed by atoms with van der Waals surface area (Å²) in [4.78, 5) is 0.301. The Hall–Kier alpha value is -0.880. The number of hydrogen-bond acceptors (Lipinski definition) is 2. The molecule has 0 aliphatic rings. The van der Waals surface area contributed by atoms with Crippen molar-refractivity contribution in [1.29, 1.82) is 0 Å². The first-order valence-electron chi connectivity index (χ1n) is 5.39. The molecule has 0 aliphatic heterocycles. The molecule has 2 rings (SSSR count). The van der Waals surface area contributed by atoms with E-state index in [9.17, 15) is 4.39 Å². The van der Waals surface area contributed by atoms with Crippen LogP contribution in [0.25, 0.3) is 0 Å². The second kappa shape index (κ2) is 6.26. The smallest absolute Gasteiger partial charge is 0.126 e. The van der Waals surface area contributed by atoms with E-state index in [1.165, 1.54) is 12.1 Å². The number of anilines is 2. The van der Waals surface area contributed by atoms with E-state index in [1.807, 2.05) is 0 Å². The van der Waals surface area contributed by atoms with Crippen molar-refractivity contribution in [1.82, 2.24) is 0 Å². The van der Waals surface area contributed by atoms with Crippen LogP contribution in [0.4, 0.5) is 15.8 Å². The summed E-state index contributed by atoms with van der Waals surface area (Å²) in [7, 11) is 0. The fourth-order valence-corrected chi connectivity index (χ4v) is 2.73. The summed E-state index contributed by atoms with van der Waals surface area (Å²) >= 11 is 20.3. The van der Waals surface area contributed by atoms with Gasteiger partial charge in [-0.15, -0.1) is 0 Å². The van der Waals surface area contributed by atoms with Crippen molar-refractivity contribution in [2.24, 2.45) is 5.73 Å². The monoisotopic (exact) mass is 392 g/mol. The van der Waals surface area contributed by atoms with Crippen LogP contribution in [0.5, 0.6) is 0 Å². The number of nitrogens with two attached hydrogens (primary N) is 1. The lowest BCUT2D eigenvalue weighted by atomic mass is 10.2. The first kappa shape index (κ1) is 15.5. The summed E-state index contributed by atoms with van der Waals surface area (Å²) in [5.41, 5.74) is 7.42. The Bertz CT molecular complexity index is 671. The van der Waals surface area contributed by atoms with E-state index in [-0.39, 0.29) is 10.0 Å². The van der Waals surface area contributed by atoms with Crippen LogP contribution < -0.4 is 11.1 Å². The van der Waals surface area contributed by atoms with Crippen LogP contribution in [0.1, 0.15) is 5.56 Å². The molecule has 3 N–H and O–H groups in total. The minimum absolute atomic E-state index is 0.195. The van der Waals surface area contributed by atoms with E-state index in [4.69, 9.17) is 41.2 Å². The highest BCUT2D eigenvalue weighted by Gasteiger charge is 2.11. The molecule has 2 aromatic carbocycles. The second-order valence-electron chi connectivity index (χ2n) is 3.93. The first-order valence-corrected chi connectivity index (χ1v) is 7.35. The fraction of sp³-hybridized carbons (Fsp3) is 0. The summed E-state index contributed by atoms with van der Waals surface area (Å²) in [5.74, 6) is -0.492. The lowest BCUT2D eigenvalue weighted by molar-refractivity contribution is 0.628. The van der Waals surface area contributed by atoms with E-state index >= 15 is 0 Å². The lowest BCUT2D eigenvalue weighted by Gasteiger charge is -2.13. The molecule has 0 aliphatic carbocycles. The zero-order valence-corrected chi connectivity index (χ0v) is 13.8. The molecule has 104 valence electrons. The van der Waals surface area contributed by atoms with Crippen molar-refractivity contribution in [2.45, 2.75) is 0 Å². The van der Waals surface area contributed by atoms with Crippen LogP contribution in [0, 0.1) is 5.82 Å². The molecule has 0 bridgehead atoms. The molecule has 0 spiro atoms. The maximum Gasteiger partial charge on any atom is 0.126 e. The van der Waals surface area contributed by atoms with E-state index in [0.29, 0.717) is 16.4 Å². The highest BCUT2D eigenvalue weighted by atomic mass is 79.9. The Morgan fingerprint density at radius 1 is 1.20 bits per heavy atom. The Balaban J connectivity index is 2.38. The van der Waals surface area contributed by atoms with Gasteiger partial charge in [-0.3, -0.25) is 0 Å². The third kappa shape index (κ3) is 3.41. The summed E-state index contributed by atoms with van der Waals surface area (Å²) in [5, 5.41) is 3.43. The quantitative estimate of drug-likeness (QED) is 0.697. The molecule has 0 atom stereocenters. The molecule has 2 nitrogen and oxygen atoms in total. The number of hydrogen-bond donors (Lipinski definition) is 2. The lowest BCUT2D eigenvalue weighted by Crippen LogP contribution is -2.09. The number of rotatable bonds is 3. The van der Waals surface area contributed by atoms with Crippen LogP contribution in [0.3, 0.4) is 0 Å². The average Bonchev–Trinajstić information content (AvgIpc) is 2.34. The molecule has 0 radical (unpaired) electrons. The second-order valence-corrected chi connectivity index (χ2v) is 6.04. The first-order chi connectivity index (χ1) is 9.38. The molecule has 0 amide bonds. The van der Waals surface area contributed by atoms with Crippen molar-refractivity contribution in [3.05, 3.63) is 56.2 Å². The summed E-state index contributed by atoms with van der Waals surface area (Å²) in [6.45, 7) is 0. The molecule has 7 heteroatoms. The summed E-state index contributed by atoms with van der Waals surface area (Å²) in [6, 6.07) is 7.69. The highest BCUT2D eigenvalue weighted by molar-refractivity contribution is 9.10. The van der Waals surface area contributed by atoms with Crippen molar-refractivity contribution in [3.63, 3.8) is 0 Å². The number of thiocarbonyl (C=S) groups is 1. The van der Waals surface area contributed by atoms with Gasteiger partial charge in [-0.05, 0) is 46.3 Å². The standard InChI is InChI=1S/C13H8BrCl2FN2S/c14-8-3-6(13(18)20)1-2-11(8)19-12-9(15)4-7(17)5-10(12)16/h1-5,19H,(H2,18,20). The van der Waals surface area contributed by atoms with Crippen molar-refractivity contribution in [2.75, 3.05) is 5.32 Å². The maximum atomic E-state index is 13.1. The molecule has 0 fully saturated rings. The maximum absolute atomic E-state index is 13.1. The SMILES string of the molecule is NC(=S)c1ccc(Nc2c(Cl)cc(F)cc2Cl)c(Br)c1. The molecule has 0 aromatic heterocycles. The van der Waals surface area contributed by atoms with Crippen molar-refractivity contribution in [3.8, 4) is 0 Å². The van der Waals surface area contributed by atoms with Gasteiger partial charge in [0.2, 0.25) is 0 Å². The predicted octanol–water partition coefficient (Wildman–Crippen LogP) is 5.27. The van der Waals surface area contributed by atoms with Crippen LogP contribution in [-0.2, 0) is 0 Å². The normalized spacial score (nSPS) is 10.4. The zero-order valence-electron chi connectivity index (χ0n) is 9.88. The molecular formula is C13H8BrCl2FN2S. The molecule has 20 heavy (non-hydrogen) atoms. The zero-order chi connectivity index (χ0) is 14.9. The molecular weight excluding hydrogens is 386 g/mol. The third-order valence-electron chi connectivity index (χ3n) is 2.52. The molecule has 2 aromatic rings. The topological polar surface area (TPSA) is 38.0 Å². The van der Waals surface area contributed by atoms with Gasteiger partial charge in [-0.2, -0.15) is 0 Å². The average molecular weight is 394 g/mol. The van der Waals surface area contributed by atoms with E-state index in [0.717, 1.165) is 10.0 Å². The van der Waals surface area contributed by atoms with Crippen LogP contribution in [-0.4, -0.2) is 4.99 Å². The Kier molecular flexibility index (Phi) is 4.86. The van der Waals surface area contributed by atoms with Gasteiger partial charge < -0.3 is 11.1 Å². The van der Waals surface area contributed by atoms with Gasteiger partial charge in [0, 0.05) is 10.0 Å². The van der Waals surface area contributed by atoms with Crippen LogP contribution in [0.15, 0.2) is 34.8 Å². The van der Waals surface area contributed by atoms with Gasteiger partial charge >= 0.3 is 0 Å². The van der Waals surface area contributed by atoms with Gasteiger partial charge in [0.1, 0.15) is 10.8 Å². The highest BCUT2D eigenvalue weighted by Crippen LogP contribution is 2.36. The Morgan fingerprint density at radius 2 is 1.80 bits per heavy atom. The largest absolute Gasteiger partial charge is 0.389 e. The van der Waals surface area contributed by atoms with E-state index in [2.05, 4.69) is 21.2 Å². The Labute approximate surface area is 139 Å². The summed E-state index contributed by atoms with van der Waals surface area (Å²) < 4.78 is 13.9. The van der Waals surface area contributed by atoms with Gasteiger partial charge in [0.25, 0.3) is 0 Å². The molecule has 0 unspecified atom stereocenters. The number of halogens is 4. The van der Waals surface area contributed by atoms with E-state index in [1.54, 1.807) is 18.2 Å². The molecule has 0 heterocycles. The number of benzene rings is 2. The van der Waals surface area contributed by atoms with Gasteiger partial charge in [0.15, 0.2) is 0 Å². The van der Waals surface area contributed by atoms with Crippen LogP contribution in [0.2, 0.25) is 10.0 Å². The van der Waals surface area contributed by atoms with Gasteiger partial charge in [-0.25, -0.2) is 4.39 Å². The molecule has 0 saturated heterocycles. The molecule has 0 saturated carbocycles. The van der Waals surface area contributed by atoms with Gasteiger partial charge in [0.05, 0.1) is 21.4 Å². The van der Waals surface area contributed by atoms with E-state index < -0.39 is 5.82 Å². The number of nitrogens with one attached hydrogen (secondary N) is 1. The summed E-state index contributed by atoms with van der Waals surface area (Å²) in [6.07, 6.45) is 0. The van der Waals surface area contributed by atoms with Crippen LogP contribution >= 0.6 is 51.3 Å². The fourth-order valence-electron chi connectivity index (χ4n) is 1.57. The third-order valence-corrected chi connectivity index (χ3v) is 4.01.